The highest BCUT2D eigenvalue weighted by Gasteiger charge is 2.24. The Morgan fingerprint density at radius 1 is 0.880 bits per heavy atom. The van der Waals surface area contributed by atoms with Crippen molar-refractivity contribution in [3.63, 3.8) is 0 Å². The molecule has 0 spiro atoms. The molecule has 25 heavy (non-hydrogen) atoms. The molecule has 2 aromatic heterocycles. The summed E-state index contributed by atoms with van der Waals surface area (Å²) in [6.45, 7) is 4.93. The lowest BCUT2D eigenvalue weighted by molar-refractivity contribution is 0.0746. The maximum absolute atomic E-state index is 12.8. The van der Waals surface area contributed by atoms with E-state index in [0.29, 0.717) is 18.7 Å². The Bertz CT molecular complexity index is 723. The van der Waals surface area contributed by atoms with E-state index in [-0.39, 0.29) is 5.91 Å². The van der Waals surface area contributed by atoms with E-state index in [2.05, 4.69) is 24.8 Å². The SMILES string of the molecule is O=C(c1cncc(N2CCCC2)c1)N1CCN(c2ncccn2)CC1. The van der Waals surface area contributed by atoms with Gasteiger partial charge in [0.05, 0.1) is 17.4 Å². The molecule has 7 nitrogen and oxygen atoms in total. The van der Waals surface area contributed by atoms with E-state index in [1.165, 1.54) is 12.8 Å². The van der Waals surface area contributed by atoms with Gasteiger partial charge in [-0.3, -0.25) is 9.78 Å². The average Bonchev–Trinajstić information content (AvgIpc) is 3.23. The molecule has 2 aromatic rings. The number of aromatic nitrogens is 3. The summed E-state index contributed by atoms with van der Waals surface area (Å²) in [5, 5.41) is 0. The van der Waals surface area contributed by atoms with Crippen molar-refractivity contribution in [2.75, 3.05) is 49.1 Å². The minimum absolute atomic E-state index is 0.0576. The smallest absolute Gasteiger partial charge is 0.255 e. The first-order chi connectivity index (χ1) is 12.3. The van der Waals surface area contributed by atoms with Crippen LogP contribution in [0.25, 0.3) is 0 Å². The summed E-state index contributed by atoms with van der Waals surface area (Å²) < 4.78 is 0. The molecule has 1 amide bonds. The van der Waals surface area contributed by atoms with Gasteiger partial charge in [0.15, 0.2) is 0 Å². The molecule has 0 bridgehead atoms. The van der Waals surface area contributed by atoms with Gasteiger partial charge in [-0.05, 0) is 25.0 Å². The molecule has 0 unspecified atom stereocenters. The van der Waals surface area contributed by atoms with Gasteiger partial charge < -0.3 is 14.7 Å². The molecule has 0 aromatic carbocycles. The summed E-state index contributed by atoms with van der Waals surface area (Å²) in [6, 6.07) is 3.79. The molecule has 2 aliphatic rings. The summed E-state index contributed by atoms with van der Waals surface area (Å²) in [7, 11) is 0. The predicted octanol–water partition coefficient (Wildman–Crippen LogP) is 1.43. The topological polar surface area (TPSA) is 65.5 Å². The van der Waals surface area contributed by atoms with Crippen LogP contribution < -0.4 is 9.80 Å². The largest absolute Gasteiger partial charge is 0.370 e. The molecule has 0 saturated carbocycles. The first kappa shape index (κ1) is 15.8. The van der Waals surface area contributed by atoms with Crippen molar-refractivity contribution in [2.45, 2.75) is 12.8 Å². The van der Waals surface area contributed by atoms with E-state index >= 15 is 0 Å². The zero-order valence-corrected chi connectivity index (χ0v) is 14.2. The minimum Gasteiger partial charge on any atom is -0.370 e. The quantitative estimate of drug-likeness (QED) is 0.844. The molecular formula is C18H22N6O. The zero-order chi connectivity index (χ0) is 17.1. The third kappa shape index (κ3) is 3.40. The molecule has 2 saturated heterocycles. The molecule has 4 heterocycles. The second-order valence-electron chi connectivity index (χ2n) is 6.45. The van der Waals surface area contributed by atoms with Gasteiger partial charge in [-0.15, -0.1) is 0 Å². The molecule has 130 valence electrons. The average molecular weight is 338 g/mol. The van der Waals surface area contributed by atoms with Crippen molar-refractivity contribution >= 4 is 17.5 Å². The van der Waals surface area contributed by atoms with Crippen molar-refractivity contribution < 1.29 is 4.79 Å². The van der Waals surface area contributed by atoms with Crippen LogP contribution in [-0.2, 0) is 0 Å². The summed E-state index contributed by atoms with van der Waals surface area (Å²) in [5.74, 6) is 0.787. The fraction of sp³-hybridized carbons (Fsp3) is 0.444. The summed E-state index contributed by atoms with van der Waals surface area (Å²) in [6.07, 6.45) is 9.44. The number of anilines is 2. The fourth-order valence-electron chi connectivity index (χ4n) is 3.44. The highest BCUT2D eigenvalue weighted by atomic mass is 16.2. The maximum Gasteiger partial charge on any atom is 0.255 e. The number of hydrogen-bond donors (Lipinski definition) is 0. The maximum atomic E-state index is 12.8. The van der Waals surface area contributed by atoms with E-state index in [1.807, 2.05) is 23.2 Å². The van der Waals surface area contributed by atoms with Gasteiger partial charge in [0, 0.05) is 57.9 Å². The van der Waals surface area contributed by atoms with E-state index < -0.39 is 0 Å². The van der Waals surface area contributed by atoms with E-state index in [9.17, 15) is 4.79 Å². The molecule has 0 N–H and O–H groups in total. The highest BCUT2D eigenvalue weighted by Crippen LogP contribution is 2.21. The second-order valence-corrected chi connectivity index (χ2v) is 6.45. The van der Waals surface area contributed by atoms with Crippen LogP contribution in [0, 0.1) is 0 Å². The van der Waals surface area contributed by atoms with Crippen LogP contribution >= 0.6 is 0 Å². The lowest BCUT2D eigenvalue weighted by atomic mass is 10.2. The van der Waals surface area contributed by atoms with Gasteiger partial charge in [0.2, 0.25) is 5.95 Å². The third-order valence-electron chi connectivity index (χ3n) is 4.84. The Balaban J connectivity index is 1.41. The molecule has 2 aliphatic heterocycles. The number of amides is 1. The Morgan fingerprint density at radius 3 is 2.32 bits per heavy atom. The van der Waals surface area contributed by atoms with Gasteiger partial charge in [0.25, 0.3) is 5.91 Å². The van der Waals surface area contributed by atoms with Crippen molar-refractivity contribution in [3.05, 3.63) is 42.5 Å². The first-order valence-corrected chi connectivity index (χ1v) is 8.82. The number of pyridine rings is 1. The minimum atomic E-state index is 0.0576. The second kappa shape index (κ2) is 7.04. The van der Waals surface area contributed by atoms with Crippen LogP contribution in [0.1, 0.15) is 23.2 Å². The number of carbonyl (C=O) groups is 1. The molecular weight excluding hydrogens is 316 g/mol. The van der Waals surface area contributed by atoms with Crippen LogP contribution in [-0.4, -0.2) is 65.0 Å². The van der Waals surface area contributed by atoms with E-state index in [1.54, 1.807) is 18.6 Å². The van der Waals surface area contributed by atoms with Crippen LogP contribution in [0.3, 0.4) is 0 Å². The standard InChI is InChI=1S/C18H22N6O/c25-17(15-12-16(14-19-13-15)22-6-1-2-7-22)23-8-10-24(11-9-23)18-20-4-3-5-21-18/h3-5,12-14H,1-2,6-11H2. The lowest BCUT2D eigenvalue weighted by Crippen LogP contribution is -2.49. The Kier molecular flexibility index (Phi) is 4.45. The number of rotatable bonds is 3. The fourth-order valence-corrected chi connectivity index (χ4v) is 3.44. The van der Waals surface area contributed by atoms with Gasteiger partial charge in [-0.1, -0.05) is 0 Å². The molecule has 7 heteroatoms. The number of piperazine rings is 1. The Labute approximate surface area is 147 Å². The van der Waals surface area contributed by atoms with Crippen molar-refractivity contribution in [2.24, 2.45) is 0 Å². The zero-order valence-electron chi connectivity index (χ0n) is 14.2. The van der Waals surface area contributed by atoms with Gasteiger partial charge >= 0.3 is 0 Å². The number of nitrogens with zero attached hydrogens (tertiary/aromatic N) is 6. The van der Waals surface area contributed by atoms with Gasteiger partial charge in [-0.25, -0.2) is 9.97 Å². The van der Waals surface area contributed by atoms with Crippen molar-refractivity contribution in [3.8, 4) is 0 Å². The van der Waals surface area contributed by atoms with Crippen LogP contribution in [0.15, 0.2) is 36.9 Å². The third-order valence-corrected chi connectivity index (χ3v) is 4.84. The molecule has 0 atom stereocenters. The Morgan fingerprint density at radius 2 is 1.60 bits per heavy atom. The van der Waals surface area contributed by atoms with Crippen molar-refractivity contribution in [1.29, 1.82) is 0 Å². The molecule has 0 aliphatic carbocycles. The molecule has 2 fully saturated rings. The predicted molar refractivity (Wildman–Crippen MR) is 95.8 cm³/mol. The highest BCUT2D eigenvalue weighted by molar-refractivity contribution is 5.95. The number of carbonyl (C=O) groups excluding carboxylic acids is 1. The molecule has 4 rings (SSSR count). The lowest BCUT2D eigenvalue weighted by Gasteiger charge is -2.34. The van der Waals surface area contributed by atoms with Crippen LogP contribution in [0.2, 0.25) is 0 Å². The first-order valence-electron chi connectivity index (χ1n) is 8.82. The number of hydrogen-bond acceptors (Lipinski definition) is 6. The summed E-state index contributed by atoms with van der Waals surface area (Å²) in [4.78, 5) is 32.0. The van der Waals surface area contributed by atoms with Crippen molar-refractivity contribution in [1.82, 2.24) is 19.9 Å². The van der Waals surface area contributed by atoms with E-state index in [0.717, 1.165) is 37.8 Å². The monoisotopic (exact) mass is 338 g/mol. The van der Waals surface area contributed by atoms with Gasteiger partial charge in [0.1, 0.15) is 0 Å². The van der Waals surface area contributed by atoms with Crippen LogP contribution in [0.4, 0.5) is 11.6 Å². The molecule has 0 radical (unpaired) electrons. The summed E-state index contributed by atoms with van der Waals surface area (Å²) in [5.41, 5.74) is 1.73. The normalized spacial score (nSPS) is 17.8. The van der Waals surface area contributed by atoms with E-state index in [4.69, 9.17) is 0 Å². The Hall–Kier alpha value is -2.70. The van der Waals surface area contributed by atoms with Gasteiger partial charge in [-0.2, -0.15) is 0 Å². The van der Waals surface area contributed by atoms with Crippen LogP contribution in [0.5, 0.6) is 0 Å². The summed E-state index contributed by atoms with van der Waals surface area (Å²) >= 11 is 0.